The van der Waals surface area contributed by atoms with Gasteiger partial charge in [-0.25, -0.2) is 0 Å². The molecule has 2 aromatic rings. The fourth-order valence-electron chi connectivity index (χ4n) is 1.43. The second-order valence-corrected chi connectivity index (χ2v) is 4.98. The summed E-state index contributed by atoms with van der Waals surface area (Å²) in [4.78, 5) is 14.3. The lowest BCUT2D eigenvalue weighted by atomic mass is 10.2. The quantitative estimate of drug-likeness (QED) is 0.389. The Bertz CT molecular complexity index is 639. The van der Waals surface area contributed by atoms with E-state index in [1.807, 2.05) is 24.3 Å². The first-order chi connectivity index (χ1) is 9.06. The number of nitro groups is 1. The molecular weight excluding hydrogens is 359 g/mol. The largest absolute Gasteiger partial charge is 0.507 e. The topological polar surface area (TPSA) is 75.7 Å². The number of benzene rings is 2. The molecule has 0 aliphatic heterocycles. The maximum absolute atomic E-state index is 10.7. The molecule has 0 aromatic heterocycles. The number of aliphatic imine (C=N–C) groups is 1. The van der Waals surface area contributed by atoms with Crippen LogP contribution in [0.15, 0.2) is 47.5 Å². The Morgan fingerprint density at radius 2 is 1.89 bits per heavy atom. The zero-order valence-electron chi connectivity index (χ0n) is 9.65. The summed E-state index contributed by atoms with van der Waals surface area (Å²) in [6, 6.07) is 11.3. The fourth-order valence-corrected chi connectivity index (χ4v) is 1.79. The highest BCUT2D eigenvalue weighted by molar-refractivity contribution is 14.1. The third-order valence-corrected chi connectivity index (χ3v) is 3.12. The lowest BCUT2D eigenvalue weighted by Gasteiger charge is -1.99. The number of halogens is 1. The molecule has 96 valence electrons. The highest BCUT2D eigenvalue weighted by Gasteiger charge is 2.08. The summed E-state index contributed by atoms with van der Waals surface area (Å²) in [5, 5.41) is 20.3. The van der Waals surface area contributed by atoms with Gasteiger partial charge in [0.05, 0.1) is 10.6 Å². The maximum Gasteiger partial charge on any atom is 0.270 e. The van der Waals surface area contributed by atoms with Crippen molar-refractivity contribution in [3.8, 4) is 5.75 Å². The molecule has 0 bridgehead atoms. The number of aromatic hydroxyl groups is 1. The van der Waals surface area contributed by atoms with Crippen LogP contribution in [0.25, 0.3) is 0 Å². The van der Waals surface area contributed by atoms with E-state index in [2.05, 4.69) is 27.6 Å². The summed E-state index contributed by atoms with van der Waals surface area (Å²) in [6.07, 6.45) is 1.41. The van der Waals surface area contributed by atoms with Crippen molar-refractivity contribution in [1.29, 1.82) is 0 Å². The van der Waals surface area contributed by atoms with Gasteiger partial charge in [0.2, 0.25) is 0 Å². The van der Waals surface area contributed by atoms with Crippen molar-refractivity contribution in [3.63, 3.8) is 0 Å². The normalized spacial score (nSPS) is 10.8. The van der Waals surface area contributed by atoms with E-state index < -0.39 is 4.92 Å². The van der Waals surface area contributed by atoms with E-state index >= 15 is 0 Å². The first kappa shape index (κ1) is 13.5. The smallest absolute Gasteiger partial charge is 0.270 e. The van der Waals surface area contributed by atoms with E-state index in [1.54, 1.807) is 0 Å². The molecular formula is C13H9IN2O3. The number of nitrogens with zero attached hydrogens (tertiary/aromatic N) is 2. The molecule has 0 heterocycles. The number of rotatable bonds is 3. The number of phenolic OH excluding ortho intramolecular Hbond substituents is 1. The molecule has 5 nitrogen and oxygen atoms in total. The van der Waals surface area contributed by atoms with Gasteiger partial charge < -0.3 is 5.11 Å². The fraction of sp³-hybridized carbons (Fsp3) is 0. The lowest BCUT2D eigenvalue weighted by Crippen LogP contribution is -1.90. The zero-order valence-corrected chi connectivity index (χ0v) is 11.8. The van der Waals surface area contributed by atoms with Crippen LogP contribution in [0, 0.1) is 13.7 Å². The van der Waals surface area contributed by atoms with Crippen molar-refractivity contribution in [3.05, 3.63) is 61.7 Å². The van der Waals surface area contributed by atoms with Crippen LogP contribution in [0.2, 0.25) is 0 Å². The summed E-state index contributed by atoms with van der Waals surface area (Å²) >= 11 is 2.19. The third-order valence-electron chi connectivity index (χ3n) is 2.40. The third kappa shape index (κ3) is 3.50. The summed E-state index contributed by atoms with van der Waals surface area (Å²) in [5.74, 6) is -0.0418. The van der Waals surface area contributed by atoms with Crippen LogP contribution >= 0.6 is 22.6 Å². The molecule has 0 radical (unpaired) electrons. The molecule has 0 aliphatic rings. The summed E-state index contributed by atoms with van der Waals surface area (Å²) in [7, 11) is 0. The highest BCUT2D eigenvalue weighted by atomic mass is 127. The Morgan fingerprint density at radius 1 is 1.21 bits per heavy atom. The highest BCUT2D eigenvalue weighted by Crippen LogP contribution is 2.22. The molecule has 1 N–H and O–H groups in total. The molecule has 2 aromatic carbocycles. The predicted octanol–water partition coefficient (Wildman–Crippen LogP) is 3.66. The number of nitro benzene ring substituents is 1. The van der Waals surface area contributed by atoms with Crippen molar-refractivity contribution in [1.82, 2.24) is 0 Å². The Kier molecular flexibility index (Phi) is 4.10. The van der Waals surface area contributed by atoms with E-state index in [0.717, 1.165) is 3.57 Å². The van der Waals surface area contributed by atoms with Crippen LogP contribution < -0.4 is 0 Å². The van der Waals surface area contributed by atoms with Gasteiger partial charge >= 0.3 is 0 Å². The molecule has 6 heteroatoms. The molecule has 0 unspecified atom stereocenters. The van der Waals surface area contributed by atoms with Gasteiger partial charge in [-0.15, -0.1) is 0 Å². The second-order valence-electron chi connectivity index (χ2n) is 3.73. The summed E-state index contributed by atoms with van der Waals surface area (Å²) in [5.41, 5.74) is 0.945. The first-order valence-electron chi connectivity index (χ1n) is 5.33. The number of phenols is 1. The van der Waals surface area contributed by atoms with Gasteiger partial charge in [-0.05, 0) is 52.9 Å². The van der Waals surface area contributed by atoms with Crippen LogP contribution in [-0.4, -0.2) is 16.2 Å². The molecule has 19 heavy (non-hydrogen) atoms. The van der Waals surface area contributed by atoms with Gasteiger partial charge in [0.1, 0.15) is 5.75 Å². The molecule has 0 atom stereocenters. The minimum absolute atomic E-state index is 0.0418. The van der Waals surface area contributed by atoms with Crippen LogP contribution in [0.4, 0.5) is 11.4 Å². The summed E-state index contributed by atoms with van der Waals surface area (Å²) < 4.78 is 1.09. The molecule has 0 fully saturated rings. The van der Waals surface area contributed by atoms with Gasteiger partial charge in [-0.1, -0.05) is 0 Å². The average molecular weight is 368 g/mol. The van der Waals surface area contributed by atoms with Crippen molar-refractivity contribution >= 4 is 40.2 Å². The monoisotopic (exact) mass is 368 g/mol. The minimum Gasteiger partial charge on any atom is -0.507 e. The van der Waals surface area contributed by atoms with Crippen molar-refractivity contribution < 1.29 is 10.0 Å². The van der Waals surface area contributed by atoms with Gasteiger partial charge in [0.25, 0.3) is 5.69 Å². The molecule has 2 rings (SSSR count). The van der Waals surface area contributed by atoms with Gasteiger partial charge in [0, 0.05) is 27.5 Å². The van der Waals surface area contributed by atoms with Crippen LogP contribution in [0.5, 0.6) is 5.75 Å². The lowest BCUT2D eigenvalue weighted by molar-refractivity contribution is -0.384. The Labute approximate surface area is 122 Å². The zero-order chi connectivity index (χ0) is 13.8. The van der Waals surface area contributed by atoms with Crippen LogP contribution in [-0.2, 0) is 0 Å². The molecule has 0 amide bonds. The molecule has 0 aliphatic carbocycles. The van der Waals surface area contributed by atoms with Crippen LogP contribution in [0.3, 0.4) is 0 Å². The number of hydrogen-bond acceptors (Lipinski definition) is 4. The predicted molar refractivity (Wildman–Crippen MR) is 81.2 cm³/mol. The molecule has 0 spiro atoms. The van der Waals surface area contributed by atoms with E-state index in [1.165, 1.54) is 24.4 Å². The van der Waals surface area contributed by atoms with E-state index in [4.69, 9.17) is 0 Å². The average Bonchev–Trinajstić information content (AvgIpc) is 2.39. The molecule has 0 saturated carbocycles. The van der Waals surface area contributed by atoms with E-state index in [0.29, 0.717) is 11.3 Å². The number of non-ortho nitro benzene ring substituents is 1. The van der Waals surface area contributed by atoms with Gasteiger partial charge in [0.15, 0.2) is 0 Å². The van der Waals surface area contributed by atoms with Crippen molar-refractivity contribution in [2.45, 2.75) is 0 Å². The maximum atomic E-state index is 10.7. The second kappa shape index (κ2) is 5.79. The molecule has 0 saturated heterocycles. The number of hydrogen-bond donors (Lipinski definition) is 1. The van der Waals surface area contributed by atoms with E-state index in [-0.39, 0.29) is 11.4 Å². The standard InChI is InChI=1S/C13H9IN2O3/c14-10-1-3-11(4-2-10)15-8-9-7-12(16(18)19)5-6-13(9)17/h1-8,17H. The Hall–Kier alpha value is -1.96. The van der Waals surface area contributed by atoms with Crippen molar-refractivity contribution in [2.75, 3.05) is 0 Å². The van der Waals surface area contributed by atoms with E-state index in [9.17, 15) is 15.2 Å². The summed E-state index contributed by atoms with van der Waals surface area (Å²) in [6.45, 7) is 0. The first-order valence-corrected chi connectivity index (χ1v) is 6.41. The Balaban J connectivity index is 2.29. The van der Waals surface area contributed by atoms with Crippen molar-refractivity contribution in [2.24, 2.45) is 4.99 Å². The SMILES string of the molecule is O=[N+]([O-])c1ccc(O)c(C=Nc2ccc(I)cc2)c1. The Morgan fingerprint density at radius 3 is 2.53 bits per heavy atom. The van der Waals surface area contributed by atoms with Gasteiger partial charge in [-0.3, -0.25) is 15.1 Å². The van der Waals surface area contributed by atoms with Crippen LogP contribution in [0.1, 0.15) is 5.56 Å². The minimum atomic E-state index is -0.512. The van der Waals surface area contributed by atoms with Gasteiger partial charge in [-0.2, -0.15) is 0 Å².